The number of carbonyl (C=O) groups excluding carboxylic acids is 1. The van der Waals surface area contributed by atoms with E-state index in [1.165, 1.54) is 5.56 Å². The standard InChI is InChI=1S/C23H24N2O2/c1-18-7-5-8-19(15-18)17-27-22-11-6-9-20(16-22)23(26)25(2)14-12-21-10-3-4-13-24-21/h3-11,13,15-16H,12,14,17H2,1-2H3. The lowest BCUT2D eigenvalue weighted by Gasteiger charge is -2.17. The summed E-state index contributed by atoms with van der Waals surface area (Å²) in [7, 11) is 1.81. The molecule has 0 aliphatic rings. The molecule has 0 aliphatic carbocycles. The maximum atomic E-state index is 12.7. The number of rotatable bonds is 7. The van der Waals surface area contributed by atoms with Gasteiger partial charge in [-0.1, -0.05) is 42.0 Å². The predicted molar refractivity (Wildman–Crippen MR) is 107 cm³/mol. The van der Waals surface area contributed by atoms with E-state index in [9.17, 15) is 4.79 Å². The van der Waals surface area contributed by atoms with E-state index in [0.717, 1.165) is 17.7 Å². The zero-order valence-corrected chi connectivity index (χ0v) is 15.8. The molecule has 1 aromatic heterocycles. The molecule has 0 aliphatic heterocycles. The van der Waals surface area contributed by atoms with Crippen LogP contribution in [-0.4, -0.2) is 29.4 Å². The van der Waals surface area contributed by atoms with Gasteiger partial charge in [0, 0.05) is 37.5 Å². The SMILES string of the molecule is Cc1cccc(COc2cccc(C(=O)N(C)CCc3ccccn3)c2)c1. The normalized spacial score (nSPS) is 10.4. The highest BCUT2D eigenvalue weighted by molar-refractivity contribution is 5.94. The molecule has 0 atom stereocenters. The first-order chi connectivity index (χ1) is 13.1. The Morgan fingerprint density at radius 2 is 1.89 bits per heavy atom. The van der Waals surface area contributed by atoms with Crippen LogP contribution in [0.2, 0.25) is 0 Å². The first kappa shape index (κ1) is 18.6. The lowest BCUT2D eigenvalue weighted by atomic mass is 10.1. The van der Waals surface area contributed by atoms with E-state index in [1.807, 2.05) is 55.6 Å². The highest BCUT2D eigenvalue weighted by Gasteiger charge is 2.12. The molecule has 0 spiro atoms. The van der Waals surface area contributed by atoms with Gasteiger partial charge in [-0.25, -0.2) is 0 Å². The van der Waals surface area contributed by atoms with Crippen LogP contribution in [0.5, 0.6) is 5.75 Å². The van der Waals surface area contributed by atoms with Crippen LogP contribution in [0.1, 0.15) is 27.2 Å². The Morgan fingerprint density at radius 3 is 2.67 bits per heavy atom. The van der Waals surface area contributed by atoms with Crippen molar-refractivity contribution in [3.63, 3.8) is 0 Å². The molecular weight excluding hydrogens is 336 g/mol. The van der Waals surface area contributed by atoms with Crippen molar-refractivity contribution >= 4 is 5.91 Å². The van der Waals surface area contributed by atoms with Crippen LogP contribution in [-0.2, 0) is 13.0 Å². The smallest absolute Gasteiger partial charge is 0.253 e. The van der Waals surface area contributed by atoms with Gasteiger partial charge >= 0.3 is 0 Å². The number of hydrogen-bond donors (Lipinski definition) is 0. The van der Waals surface area contributed by atoms with E-state index in [4.69, 9.17) is 4.74 Å². The Bertz CT molecular complexity index is 894. The molecule has 4 nitrogen and oxygen atoms in total. The van der Waals surface area contributed by atoms with Crippen LogP contribution < -0.4 is 4.74 Å². The Labute approximate surface area is 160 Å². The second-order valence-corrected chi connectivity index (χ2v) is 6.60. The number of pyridine rings is 1. The maximum Gasteiger partial charge on any atom is 0.253 e. The first-order valence-corrected chi connectivity index (χ1v) is 9.05. The van der Waals surface area contributed by atoms with Gasteiger partial charge < -0.3 is 9.64 Å². The number of aryl methyl sites for hydroxylation is 1. The van der Waals surface area contributed by atoms with E-state index in [1.54, 1.807) is 17.2 Å². The average Bonchev–Trinajstić information content (AvgIpc) is 2.71. The fourth-order valence-electron chi connectivity index (χ4n) is 2.84. The van der Waals surface area contributed by atoms with Crippen molar-refractivity contribution in [2.24, 2.45) is 0 Å². The molecule has 27 heavy (non-hydrogen) atoms. The van der Waals surface area contributed by atoms with Crippen LogP contribution in [0.25, 0.3) is 0 Å². The second kappa shape index (κ2) is 8.99. The first-order valence-electron chi connectivity index (χ1n) is 9.05. The molecular formula is C23H24N2O2. The van der Waals surface area contributed by atoms with Crippen LogP contribution in [0.3, 0.4) is 0 Å². The molecule has 0 N–H and O–H groups in total. The highest BCUT2D eigenvalue weighted by atomic mass is 16.5. The van der Waals surface area contributed by atoms with Gasteiger partial charge in [0.2, 0.25) is 0 Å². The number of ether oxygens (including phenoxy) is 1. The predicted octanol–water partition coefficient (Wildman–Crippen LogP) is 4.28. The minimum Gasteiger partial charge on any atom is -0.489 e. The van der Waals surface area contributed by atoms with Crippen molar-refractivity contribution < 1.29 is 9.53 Å². The van der Waals surface area contributed by atoms with Crippen molar-refractivity contribution in [2.45, 2.75) is 20.0 Å². The Hall–Kier alpha value is -3.14. The third-order valence-corrected chi connectivity index (χ3v) is 4.35. The number of likely N-dealkylation sites (N-methyl/N-ethyl adjacent to an activating group) is 1. The van der Waals surface area contributed by atoms with Crippen molar-refractivity contribution in [1.29, 1.82) is 0 Å². The van der Waals surface area contributed by atoms with Crippen molar-refractivity contribution in [3.8, 4) is 5.75 Å². The van der Waals surface area contributed by atoms with Crippen molar-refractivity contribution in [1.82, 2.24) is 9.88 Å². The summed E-state index contributed by atoms with van der Waals surface area (Å²) in [5.41, 5.74) is 3.92. The number of nitrogens with zero attached hydrogens (tertiary/aromatic N) is 2. The van der Waals surface area contributed by atoms with Crippen LogP contribution >= 0.6 is 0 Å². The molecule has 0 bridgehead atoms. The quantitative estimate of drug-likeness (QED) is 0.631. The largest absolute Gasteiger partial charge is 0.489 e. The minimum absolute atomic E-state index is 0.0214. The molecule has 0 unspecified atom stereocenters. The zero-order chi connectivity index (χ0) is 19.1. The van der Waals surface area contributed by atoms with Gasteiger partial charge in [0.05, 0.1) is 0 Å². The third-order valence-electron chi connectivity index (χ3n) is 4.35. The summed E-state index contributed by atoms with van der Waals surface area (Å²) in [4.78, 5) is 18.7. The molecule has 4 heteroatoms. The zero-order valence-electron chi connectivity index (χ0n) is 15.8. The number of hydrogen-bond acceptors (Lipinski definition) is 3. The fourth-order valence-corrected chi connectivity index (χ4v) is 2.84. The highest BCUT2D eigenvalue weighted by Crippen LogP contribution is 2.17. The van der Waals surface area contributed by atoms with Crippen LogP contribution in [0.4, 0.5) is 0 Å². The van der Waals surface area contributed by atoms with Gasteiger partial charge in [0.15, 0.2) is 0 Å². The molecule has 2 aromatic carbocycles. The molecule has 3 rings (SSSR count). The number of aromatic nitrogens is 1. The van der Waals surface area contributed by atoms with Gasteiger partial charge in [-0.15, -0.1) is 0 Å². The molecule has 0 saturated heterocycles. The summed E-state index contributed by atoms with van der Waals surface area (Å²) in [5, 5.41) is 0. The summed E-state index contributed by atoms with van der Waals surface area (Å²) in [6, 6.07) is 21.4. The lowest BCUT2D eigenvalue weighted by molar-refractivity contribution is 0.0796. The second-order valence-electron chi connectivity index (χ2n) is 6.60. The molecule has 1 amide bonds. The van der Waals surface area contributed by atoms with Crippen LogP contribution in [0.15, 0.2) is 72.9 Å². The Morgan fingerprint density at radius 1 is 1.04 bits per heavy atom. The summed E-state index contributed by atoms with van der Waals surface area (Å²) in [5.74, 6) is 0.674. The number of carbonyl (C=O) groups is 1. The van der Waals surface area contributed by atoms with E-state index in [-0.39, 0.29) is 5.91 Å². The maximum absolute atomic E-state index is 12.7. The molecule has 0 fully saturated rings. The van der Waals surface area contributed by atoms with E-state index >= 15 is 0 Å². The Balaban J connectivity index is 1.59. The molecule has 1 heterocycles. The monoisotopic (exact) mass is 360 g/mol. The van der Waals surface area contributed by atoms with Crippen molar-refractivity contribution in [3.05, 3.63) is 95.3 Å². The molecule has 3 aromatic rings. The number of benzene rings is 2. The lowest BCUT2D eigenvalue weighted by Crippen LogP contribution is -2.29. The summed E-state index contributed by atoms with van der Waals surface area (Å²) in [6.07, 6.45) is 2.50. The molecule has 0 radical (unpaired) electrons. The molecule has 138 valence electrons. The average molecular weight is 360 g/mol. The van der Waals surface area contributed by atoms with Crippen molar-refractivity contribution in [2.75, 3.05) is 13.6 Å². The number of amides is 1. The Kier molecular flexibility index (Phi) is 6.21. The van der Waals surface area contributed by atoms with E-state index in [0.29, 0.717) is 24.5 Å². The summed E-state index contributed by atoms with van der Waals surface area (Å²) >= 11 is 0. The van der Waals surface area contributed by atoms with Gasteiger partial charge in [-0.3, -0.25) is 9.78 Å². The van der Waals surface area contributed by atoms with Crippen LogP contribution in [0, 0.1) is 6.92 Å². The molecule has 0 saturated carbocycles. The summed E-state index contributed by atoms with van der Waals surface area (Å²) < 4.78 is 5.87. The van der Waals surface area contributed by atoms with E-state index in [2.05, 4.69) is 24.0 Å². The fraction of sp³-hybridized carbons (Fsp3) is 0.217. The van der Waals surface area contributed by atoms with E-state index < -0.39 is 0 Å². The van der Waals surface area contributed by atoms with Gasteiger partial charge in [0.1, 0.15) is 12.4 Å². The minimum atomic E-state index is -0.0214. The third kappa shape index (κ3) is 5.42. The summed E-state index contributed by atoms with van der Waals surface area (Å²) in [6.45, 7) is 3.16. The van der Waals surface area contributed by atoms with Gasteiger partial charge in [0.25, 0.3) is 5.91 Å². The van der Waals surface area contributed by atoms with Gasteiger partial charge in [-0.05, 0) is 42.8 Å². The topological polar surface area (TPSA) is 42.4 Å². The van der Waals surface area contributed by atoms with Gasteiger partial charge in [-0.2, -0.15) is 0 Å².